The zero-order valence-electron chi connectivity index (χ0n) is 8.78. The van der Waals surface area contributed by atoms with Crippen LogP contribution >= 0.6 is 11.6 Å². The molecule has 1 aliphatic rings. The number of rotatable bonds is 5. The molecule has 5 heteroatoms. The van der Waals surface area contributed by atoms with E-state index in [0.717, 1.165) is 12.1 Å². The number of nitrogens with one attached hydrogen (secondary N) is 1. The van der Waals surface area contributed by atoms with Gasteiger partial charge in [0, 0.05) is 22.7 Å². The second-order valence-corrected chi connectivity index (χ2v) is 4.44. The Morgan fingerprint density at radius 3 is 2.88 bits per heavy atom. The summed E-state index contributed by atoms with van der Waals surface area (Å²) in [4.78, 5) is 10.4. The highest BCUT2D eigenvalue weighted by Crippen LogP contribution is 2.24. The van der Waals surface area contributed by atoms with Crippen molar-refractivity contribution in [1.29, 1.82) is 0 Å². The summed E-state index contributed by atoms with van der Waals surface area (Å²) in [7, 11) is 0. The minimum Gasteiger partial charge on any atom is -0.314 e. The summed E-state index contributed by atoms with van der Waals surface area (Å²) in [5, 5.41) is 14.5. The molecule has 1 aromatic carbocycles. The highest BCUT2D eigenvalue weighted by Gasteiger charge is 2.20. The van der Waals surface area contributed by atoms with Crippen molar-refractivity contribution in [2.75, 3.05) is 6.54 Å². The lowest BCUT2D eigenvalue weighted by atomic mass is 10.1. The van der Waals surface area contributed by atoms with Gasteiger partial charge in [0.05, 0.1) is 4.92 Å². The summed E-state index contributed by atoms with van der Waals surface area (Å²) < 4.78 is 0. The molecule has 0 heterocycles. The first-order valence-corrected chi connectivity index (χ1v) is 5.71. The summed E-state index contributed by atoms with van der Waals surface area (Å²) >= 11 is 5.74. The molecule has 0 amide bonds. The number of benzene rings is 1. The van der Waals surface area contributed by atoms with Crippen LogP contribution in [0.15, 0.2) is 18.2 Å². The monoisotopic (exact) mass is 240 g/mol. The largest absolute Gasteiger partial charge is 0.314 e. The van der Waals surface area contributed by atoms with Crippen molar-refractivity contribution in [3.05, 3.63) is 38.9 Å². The van der Waals surface area contributed by atoms with Crippen LogP contribution < -0.4 is 5.32 Å². The van der Waals surface area contributed by atoms with E-state index in [1.807, 2.05) is 0 Å². The fourth-order valence-corrected chi connectivity index (χ4v) is 1.78. The molecule has 16 heavy (non-hydrogen) atoms. The van der Waals surface area contributed by atoms with Crippen LogP contribution in [-0.2, 0) is 6.42 Å². The van der Waals surface area contributed by atoms with Gasteiger partial charge in [0.1, 0.15) is 0 Å². The molecule has 1 aliphatic carbocycles. The second kappa shape index (κ2) is 4.80. The van der Waals surface area contributed by atoms with Crippen molar-refractivity contribution in [3.8, 4) is 0 Å². The van der Waals surface area contributed by atoms with Gasteiger partial charge in [0.2, 0.25) is 0 Å². The summed E-state index contributed by atoms with van der Waals surface area (Å²) in [5.41, 5.74) is 0.854. The fourth-order valence-electron chi connectivity index (χ4n) is 1.62. The van der Waals surface area contributed by atoms with Crippen molar-refractivity contribution in [3.63, 3.8) is 0 Å². The van der Waals surface area contributed by atoms with E-state index >= 15 is 0 Å². The molecule has 0 bridgehead atoms. The van der Waals surface area contributed by atoms with Gasteiger partial charge in [-0.25, -0.2) is 0 Å². The van der Waals surface area contributed by atoms with Crippen molar-refractivity contribution in [1.82, 2.24) is 5.32 Å². The molecule has 1 aromatic rings. The number of nitro groups is 1. The van der Waals surface area contributed by atoms with Crippen LogP contribution in [0.2, 0.25) is 5.02 Å². The third-order valence-corrected chi connectivity index (χ3v) is 2.88. The van der Waals surface area contributed by atoms with Gasteiger partial charge < -0.3 is 5.32 Å². The number of hydrogen-bond acceptors (Lipinski definition) is 3. The lowest BCUT2D eigenvalue weighted by Crippen LogP contribution is -2.19. The number of nitrogens with zero attached hydrogens (tertiary/aromatic N) is 1. The van der Waals surface area contributed by atoms with Gasteiger partial charge in [0.15, 0.2) is 0 Å². The van der Waals surface area contributed by atoms with E-state index in [2.05, 4.69) is 5.32 Å². The fraction of sp³-hybridized carbons (Fsp3) is 0.455. The predicted octanol–water partition coefficient (Wildman–Crippen LogP) is 2.54. The van der Waals surface area contributed by atoms with E-state index in [-0.39, 0.29) is 10.6 Å². The van der Waals surface area contributed by atoms with E-state index in [0.29, 0.717) is 17.5 Å². The minimum absolute atomic E-state index is 0.116. The standard InChI is InChI=1S/C11H13ClN2O2/c12-9-2-1-8(11(7-9)14(15)16)5-6-13-10-3-4-10/h1-2,7,10,13H,3-6H2. The smallest absolute Gasteiger partial charge is 0.274 e. The van der Waals surface area contributed by atoms with Gasteiger partial charge in [0.25, 0.3) is 5.69 Å². The molecule has 1 N–H and O–H groups in total. The molecule has 0 unspecified atom stereocenters. The predicted molar refractivity (Wildman–Crippen MR) is 62.8 cm³/mol. The first-order chi connectivity index (χ1) is 7.66. The van der Waals surface area contributed by atoms with Gasteiger partial charge >= 0.3 is 0 Å². The van der Waals surface area contributed by atoms with Gasteiger partial charge in [-0.2, -0.15) is 0 Å². The zero-order valence-corrected chi connectivity index (χ0v) is 9.54. The zero-order chi connectivity index (χ0) is 11.5. The van der Waals surface area contributed by atoms with Crippen LogP contribution in [0.3, 0.4) is 0 Å². The van der Waals surface area contributed by atoms with Crippen LogP contribution in [0.4, 0.5) is 5.69 Å². The van der Waals surface area contributed by atoms with Crippen LogP contribution in [0, 0.1) is 10.1 Å². The van der Waals surface area contributed by atoms with E-state index in [9.17, 15) is 10.1 Å². The summed E-state index contributed by atoms with van der Waals surface area (Å²) in [5.74, 6) is 0. The molecule has 4 nitrogen and oxygen atoms in total. The Hall–Kier alpha value is -1.13. The summed E-state index contributed by atoms with van der Waals surface area (Å²) in [6, 6.07) is 5.47. The third-order valence-electron chi connectivity index (χ3n) is 2.65. The van der Waals surface area contributed by atoms with Gasteiger partial charge in [-0.3, -0.25) is 10.1 Å². The Bertz CT molecular complexity index is 405. The Balaban J connectivity index is 2.02. The first-order valence-electron chi connectivity index (χ1n) is 5.33. The topological polar surface area (TPSA) is 55.2 Å². The summed E-state index contributed by atoms with van der Waals surface area (Å²) in [6.07, 6.45) is 3.12. The van der Waals surface area contributed by atoms with Crippen LogP contribution in [0.1, 0.15) is 18.4 Å². The van der Waals surface area contributed by atoms with Gasteiger partial charge in [-0.05, 0) is 31.9 Å². The average molecular weight is 241 g/mol. The van der Waals surface area contributed by atoms with E-state index in [1.165, 1.54) is 18.9 Å². The molecule has 0 aliphatic heterocycles. The molecule has 0 saturated heterocycles. The lowest BCUT2D eigenvalue weighted by Gasteiger charge is -2.04. The molecular formula is C11H13ClN2O2. The Morgan fingerprint density at radius 2 is 2.25 bits per heavy atom. The Labute approximate surface area is 98.8 Å². The number of halogens is 1. The molecule has 1 fully saturated rings. The normalized spacial score (nSPS) is 15.1. The lowest BCUT2D eigenvalue weighted by molar-refractivity contribution is -0.385. The van der Waals surface area contributed by atoms with Gasteiger partial charge in [-0.15, -0.1) is 0 Å². The molecular weight excluding hydrogens is 228 g/mol. The second-order valence-electron chi connectivity index (χ2n) is 4.01. The molecule has 1 saturated carbocycles. The Morgan fingerprint density at radius 1 is 1.50 bits per heavy atom. The van der Waals surface area contributed by atoms with Crippen molar-refractivity contribution in [2.24, 2.45) is 0 Å². The summed E-state index contributed by atoms with van der Waals surface area (Å²) in [6.45, 7) is 0.785. The van der Waals surface area contributed by atoms with E-state index < -0.39 is 0 Å². The molecule has 2 rings (SSSR count). The van der Waals surface area contributed by atoms with E-state index in [4.69, 9.17) is 11.6 Å². The first kappa shape index (κ1) is 11.4. The highest BCUT2D eigenvalue weighted by molar-refractivity contribution is 6.30. The molecule has 0 radical (unpaired) electrons. The maximum atomic E-state index is 10.8. The van der Waals surface area contributed by atoms with Crippen LogP contribution in [0.5, 0.6) is 0 Å². The highest BCUT2D eigenvalue weighted by atomic mass is 35.5. The average Bonchev–Trinajstić information content (AvgIpc) is 3.04. The number of nitro benzene ring substituents is 1. The maximum Gasteiger partial charge on any atom is 0.274 e. The SMILES string of the molecule is O=[N+]([O-])c1cc(Cl)ccc1CCNC1CC1. The van der Waals surface area contributed by atoms with E-state index in [1.54, 1.807) is 12.1 Å². The molecule has 0 aromatic heterocycles. The van der Waals surface area contributed by atoms with Gasteiger partial charge in [-0.1, -0.05) is 17.7 Å². The van der Waals surface area contributed by atoms with Crippen LogP contribution in [-0.4, -0.2) is 17.5 Å². The van der Waals surface area contributed by atoms with Crippen molar-refractivity contribution < 1.29 is 4.92 Å². The van der Waals surface area contributed by atoms with Crippen molar-refractivity contribution >= 4 is 17.3 Å². The number of hydrogen-bond donors (Lipinski definition) is 1. The van der Waals surface area contributed by atoms with Crippen molar-refractivity contribution in [2.45, 2.75) is 25.3 Å². The van der Waals surface area contributed by atoms with Crippen LogP contribution in [0.25, 0.3) is 0 Å². The third kappa shape index (κ3) is 2.93. The minimum atomic E-state index is -0.377. The Kier molecular flexibility index (Phi) is 3.41. The molecule has 0 atom stereocenters. The maximum absolute atomic E-state index is 10.8. The molecule has 86 valence electrons. The molecule has 0 spiro atoms. The quantitative estimate of drug-likeness (QED) is 0.636.